The topological polar surface area (TPSA) is 29.1 Å². The molecule has 0 saturated carbocycles. The van der Waals surface area contributed by atoms with Crippen LogP contribution >= 0.6 is 0 Å². The number of rotatable bonds is 6. The van der Waals surface area contributed by atoms with Gasteiger partial charge in [0.25, 0.3) is 0 Å². The van der Waals surface area contributed by atoms with Gasteiger partial charge in [0, 0.05) is 12.0 Å². The minimum absolute atomic E-state index is 0.0255. The Bertz CT molecular complexity index is 207. The fourth-order valence-corrected chi connectivity index (χ4v) is 1.56. The highest BCUT2D eigenvalue weighted by Gasteiger charge is 2.34. The Hall–Kier alpha value is -0.370. The fraction of sp³-hybridized carbons (Fsp3) is 0.923. The molecule has 0 aliphatic carbocycles. The molecule has 1 atom stereocenters. The summed E-state index contributed by atoms with van der Waals surface area (Å²) < 4.78 is 0. The fourth-order valence-electron chi connectivity index (χ4n) is 1.56. The summed E-state index contributed by atoms with van der Waals surface area (Å²) in [5.41, 5.74) is 0.0334. The normalized spacial score (nSPS) is 14.7. The maximum absolute atomic E-state index is 12.1. The molecule has 0 heterocycles. The molecule has 0 saturated heterocycles. The molecule has 0 aliphatic rings. The van der Waals surface area contributed by atoms with Crippen molar-refractivity contribution in [3.63, 3.8) is 0 Å². The number of hydrogen-bond donors (Lipinski definition) is 1. The Morgan fingerprint density at radius 2 is 1.67 bits per heavy atom. The van der Waals surface area contributed by atoms with E-state index in [4.69, 9.17) is 0 Å². The number of carbonyl (C=O) groups is 1. The lowest BCUT2D eigenvalue weighted by Crippen LogP contribution is -2.51. The van der Waals surface area contributed by atoms with Gasteiger partial charge in [-0.15, -0.1) is 0 Å². The summed E-state index contributed by atoms with van der Waals surface area (Å²) in [6.45, 7) is 14.6. The van der Waals surface area contributed by atoms with Crippen LogP contribution in [0, 0.1) is 11.3 Å². The summed E-state index contributed by atoms with van der Waals surface area (Å²) in [7, 11) is 0. The Kier molecular flexibility index (Phi) is 5.50. The van der Waals surface area contributed by atoms with E-state index >= 15 is 0 Å². The molecule has 0 aromatic rings. The van der Waals surface area contributed by atoms with Crippen molar-refractivity contribution in [3.05, 3.63) is 0 Å². The van der Waals surface area contributed by atoms with Crippen LogP contribution in [0.5, 0.6) is 0 Å². The maximum Gasteiger partial charge on any atom is 0.152 e. The van der Waals surface area contributed by atoms with E-state index in [0.717, 1.165) is 6.42 Å². The molecule has 0 spiro atoms. The monoisotopic (exact) mass is 213 g/mol. The number of Topliss-reactive ketones (excluding diaryl/α,β-unsaturated/α-hetero) is 1. The highest BCUT2D eigenvalue weighted by molar-refractivity contribution is 5.86. The van der Waals surface area contributed by atoms with Crippen LogP contribution in [-0.4, -0.2) is 17.9 Å². The third kappa shape index (κ3) is 4.33. The molecule has 0 aromatic heterocycles. The predicted octanol–water partition coefficient (Wildman–Crippen LogP) is 3.01. The molecular weight excluding hydrogens is 186 g/mol. The SMILES string of the molecule is CCC(C)(C)[C@H](NC(C)C)C(=O)C(C)C. The summed E-state index contributed by atoms with van der Waals surface area (Å²) in [6.07, 6.45) is 1.01. The van der Waals surface area contributed by atoms with Gasteiger partial charge in [0.1, 0.15) is 0 Å². The van der Waals surface area contributed by atoms with Crippen molar-refractivity contribution in [2.75, 3.05) is 0 Å². The average molecular weight is 213 g/mol. The summed E-state index contributed by atoms with van der Waals surface area (Å²) in [6, 6.07) is 0.325. The van der Waals surface area contributed by atoms with E-state index in [2.05, 4.69) is 39.9 Å². The van der Waals surface area contributed by atoms with Gasteiger partial charge in [-0.25, -0.2) is 0 Å². The number of ketones is 1. The van der Waals surface area contributed by atoms with Gasteiger partial charge >= 0.3 is 0 Å². The molecule has 0 bridgehead atoms. The molecule has 90 valence electrons. The van der Waals surface area contributed by atoms with E-state index in [1.165, 1.54) is 0 Å². The van der Waals surface area contributed by atoms with Gasteiger partial charge < -0.3 is 5.32 Å². The van der Waals surface area contributed by atoms with Crippen molar-refractivity contribution < 1.29 is 4.79 Å². The van der Waals surface area contributed by atoms with Crippen LogP contribution in [0.1, 0.15) is 54.9 Å². The van der Waals surface area contributed by atoms with Gasteiger partial charge in [0.05, 0.1) is 6.04 Å². The van der Waals surface area contributed by atoms with E-state index in [1.54, 1.807) is 0 Å². The standard InChI is InChI=1S/C13H27NO/c1-8-13(6,7)12(14-10(4)5)11(15)9(2)3/h9-10,12,14H,8H2,1-7H3/t12-/m1/s1. The van der Waals surface area contributed by atoms with Crippen molar-refractivity contribution in [1.29, 1.82) is 0 Å². The highest BCUT2D eigenvalue weighted by atomic mass is 16.1. The summed E-state index contributed by atoms with van der Waals surface area (Å²) in [4.78, 5) is 12.1. The highest BCUT2D eigenvalue weighted by Crippen LogP contribution is 2.27. The second kappa shape index (κ2) is 5.64. The van der Waals surface area contributed by atoms with Crippen molar-refractivity contribution in [3.8, 4) is 0 Å². The van der Waals surface area contributed by atoms with Crippen LogP contribution in [-0.2, 0) is 4.79 Å². The van der Waals surface area contributed by atoms with Crippen LogP contribution in [0.4, 0.5) is 0 Å². The third-order valence-electron chi connectivity index (χ3n) is 3.05. The molecule has 0 unspecified atom stereocenters. The minimum Gasteiger partial charge on any atom is -0.305 e. The van der Waals surface area contributed by atoms with Gasteiger partial charge in [0.2, 0.25) is 0 Å². The van der Waals surface area contributed by atoms with E-state index in [-0.39, 0.29) is 17.4 Å². The van der Waals surface area contributed by atoms with Crippen molar-refractivity contribution in [2.45, 2.75) is 67.0 Å². The first-order valence-corrected chi connectivity index (χ1v) is 6.02. The lowest BCUT2D eigenvalue weighted by atomic mass is 9.77. The van der Waals surface area contributed by atoms with Gasteiger partial charge in [-0.3, -0.25) is 4.79 Å². The van der Waals surface area contributed by atoms with E-state index in [9.17, 15) is 4.79 Å². The molecule has 0 rings (SSSR count). The molecule has 1 N–H and O–H groups in total. The first kappa shape index (κ1) is 14.6. The average Bonchev–Trinajstić information content (AvgIpc) is 2.12. The predicted molar refractivity (Wildman–Crippen MR) is 66.0 cm³/mol. The zero-order valence-electron chi connectivity index (χ0n) is 11.3. The first-order valence-electron chi connectivity index (χ1n) is 6.02. The zero-order chi connectivity index (χ0) is 12.2. The molecule has 0 amide bonds. The van der Waals surface area contributed by atoms with E-state index < -0.39 is 0 Å². The lowest BCUT2D eigenvalue weighted by Gasteiger charge is -2.35. The van der Waals surface area contributed by atoms with Crippen LogP contribution in [0.15, 0.2) is 0 Å². The Labute approximate surface area is 94.8 Å². The molecule has 0 fully saturated rings. The van der Waals surface area contributed by atoms with Crippen LogP contribution in [0.25, 0.3) is 0 Å². The largest absolute Gasteiger partial charge is 0.305 e. The van der Waals surface area contributed by atoms with Crippen LogP contribution in [0.2, 0.25) is 0 Å². The van der Waals surface area contributed by atoms with Gasteiger partial charge in [-0.1, -0.05) is 48.5 Å². The van der Waals surface area contributed by atoms with Crippen LogP contribution in [0.3, 0.4) is 0 Å². The second-order valence-corrected chi connectivity index (χ2v) is 5.65. The van der Waals surface area contributed by atoms with E-state index in [1.807, 2.05) is 13.8 Å². The van der Waals surface area contributed by atoms with E-state index in [0.29, 0.717) is 11.8 Å². The number of hydrogen-bond acceptors (Lipinski definition) is 2. The second-order valence-electron chi connectivity index (χ2n) is 5.65. The van der Waals surface area contributed by atoms with Crippen molar-refractivity contribution in [2.24, 2.45) is 11.3 Å². The van der Waals surface area contributed by atoms with Gasteiger partial charge in [-0.2, -0.15) is 0 Å². The Morgan fingerprint density at radius 3 is 1.93 bits per heavy atom. The lowest BCUT2D eigenvalue weighted by molar-refractivity contribution is -0.127. The molecular formula is C13H27NO. The summed E-state index contributed by atoms with van der Waals surface area (Å²) in [5, 5.41) is 3.40. The Morgan fingerprint density at radius 1 is 1.20 bits per heavy atom. The minimum atomic E-state index is -0.0255. The number of nitrogens with one attached hydrogen (secondary N) is 1. The van der Waals surface area contributed by atoms with Crippen molar-refractivity contribution in [1.82, 2.24) is 5.32 Å². The smallest absolute Gasteiger partial charge is 0.152 e. The van der Waals surface area contributed by atoms with Crippen LogP contribution < -0.4 is 5.32 Å². The number of carbonyl (C=O) groups excluding carboxylic acids is 1. The summed E-state index contributed by atoms with van der Waals surface area (Å²) >= 11 is 0. The molecule has 0 radical (unpaired) electrons. The molecule has 2 heteroatoms. The molecule has 2 nitrogen and oxygen atoms in total. The third-order valence-corrected chi connectivity index (χ3v) is 3.05. The van der Waals surface area contributed by atoms with Gasteiger partial charge in [-0.05, 0) is 11.8 Å². The maximum atomic E-state index is 12.1. The van der Waals surface area contributed by atoms with Gasteiger partial charge in [0.15, 0.2) is 5.78 Å². The molecule has 0 aromatic carbocycles. The first-order chi connectivity index (χ1) is 6.72. The quantitative estimate of drug-likeness (QED) is 0.735. The van der Waals surface area contributed by atoms with Crippen molar-refractivity contribution >= 4 is 5.78 Å². The zero-order valence-corrected chi connectivity index (χ0v) is 11.3. The molecule has 15 heavy (non-hydrogen) atoms. The Balaban J connectivity index is 4.81. The molecule has 0 aliphatic heterocycles. The summed E-state index contributed by atoms with van der Waals surface area (Å²) in [5.74, 6) is 0.433.